The van der Waals surface area contributed by atoms with Crippen LogP contribution in [0, 0.1) is 12.8 Å². The van der Waals surface area contributed by atoms with E-state index in [1.165, 1.54) is 10.4 Å². The number of rotatable bonds is 4. The predicted molar refractivity (Wildman–Crippen MR) is 79.9 cm³/mol. The van der Waals surface area contributed by atoms with Gasteiger partial charge in [-0.15, -0.1) is 0 Å². The van der Waals surface area contributed by atoms with Crippen LogP contribution >= 0.6 is 11.6 Å². The van der Waals surface area contributed by atoms with Gasteiger partial charge in [0.2, 0.25) is 10.0 Å². The second kappa shape index (κ2) is 5.69. The summed E-state index contributed by atoms with van der Waals surface area (Å²) in [5.41, 5.74) is 6.97. The van der Waals surface area contributed by atoms with Crippen LogP contribution in [0.2, 0.25) is 5.02 Å². The summed E-state index contributed by atoms with van der Waals surface area (Å²) in [6.45, 7) is 7.61. The molecule has 0 saturated carbocycles. The van der Waals surface area contributed by atoms with Crippen molar-refractivity contribution in [1.82, 2.24) is 4.31 Å². The number of aryl methyl sites for hydroxylation is 1. The molecule has 4 nitrogen and oxygen atoms in total. The summed E-state index contributed by atoms with van der Waals surface area (Å²) in [4.78, 5) is 0.0623. The minimum Gasteiger partial charge on any atom is -0.398 e. The molecule has 0 aliphatic heterocycles. The Bertz CT molecular complexity index is 570. The molecule has 0 radical (unpaired) electrons. The van der Waals surface area contributed by atoms with Crippen molar-refractivity contribution in [2.24, 2.45) is 5.92 Å². The van der Waals surface area contributed by atoms with Crippen molar-refractivity contribution in [2.45, 2.75) is 38.6 Å². The monoisotopic (exact) mass is 304 g/mol. The van der Waals surface area contributed by atoms with Gasteiger partial charge < -0.3 is 5.73 Å². The fourth-order valence-electron chi connectivity index (χ4n) is 1.66. The number of nitrogens with two attached hydrogens (primary N) is 1. The zero-order chi connectivity index (χ0) is 15.0. The van der Waals surface area contributed by atoms with Crippen LogP contribution in [0.4, 0.5) is 5.69 Å². The normalized spacial score (nSPS) is 14.1. The summed E-state index contributed by atoms with van der Waals surface area (Å²) in [6, 6.07) is 2.89. The minimum absolute atomic E-state index is 0.0623. The van der Waals surface area contributed by atoms with E-state index in [0.29, 0.717) is 5.69 Å². The van der Waals surface area contributed by atoms with Crippen LogP contribution in [0.1, 0.15) is 26.3 Å². The Morgan fingerprint density at radius 3 is 2.26 bits per heavy atom. The van der Waals surface area contributed by atoms with E-state index in [4.69, 9.17) is 17.3 Å². The highest BCUT2D eigenvalue weighted by molar-refractivity contribution is 7.89. The first-order valence-electron chi connectivity index (χ1n) is 6.12. The lowest BCUT2D eigenvalue weighted by Crippen LogP contribution is -2.38. The van der Waals surface area contributed by atoms with Crippen molar-refractivity contribution >= 4 is 27.3 Å². The third-order valence-corrected chi connectivity index (χ3v) is 5.93. The van der Waals surface area contributed by atoms with Crippen LogP contribution in [0.5, 0.6) is 0 Å². The van der Waals surface area contributed by atoms with Crippen molar-refractivity contribution in [1.29, 1.82) is 0 Å². The van der Waals surface area contributed by atoms with E-state index < -0.39 is 10.0 Å². The highest BCUT2D eigenvalue weighted by atomic mass is 35.5. The van der Waals surface area contributed by atoms with E-state index in [0.717, 1.165) is 5.56 Å². The molecule has 1 rings (SSSR count). The Morgan fingerprint density at radius 2 is 1.79 bits per heavy atom. The SMILES string of the molecule is Cc1cc(Cl)c(S(=O)(=O)N(C)C(C)C(C)C)cc1N. The smallest absolute Gasteiger partial charge is 0.244 e. The zero-order valence-electron chi connectivity index (χ0n) is 11.9. The number of halogens is 1. The number of hydrogen-bond donors (Lipinski definition) is 1. The summed E-state index contributed by atoms with van der Waals surface area (Å²) in [7, 11) is -2.07. The first-order chi connectivity index (χ1) is 8.59. The number of hydrogen-bond acceptors (Lipinski definition) is 3. The van der Waals surface area contributed by atoms with Gasteiger partial charge in [0.25, 0.3) is 0 Å². The topological polar surface area (TPSA) is 63.4 Å². The molecule has 0 fully saturated rings. The number of nitrogen functional groups attached to an aromatic ring is 1. The van der Waals surface area contributed by atoms with Gasteiger partial charge in [-0.3, -0.25) is 0 Å². The minimum atomic E-state index is -3.63. The van der Waals surface area contributed by atoms with Gasteiger partial charge in [0.05, 0.1) is 5.02 Å². The molecule has 0 aromatic heterocycles. The van der Waals surface area contributed by atoms with Crippen LogP contribution in [-0.4, -0.2) is 25.8 Å². The Balaban J connectivity index is 3.32. The fraction of sp³-hybridized carbons (Fsp3) is 0.538. The van der Waals surface area contributed by atoms with Gasteiger partial charge in [0.1, 0.15) is 4.90 Å². The molecule has 1 aromatic carbocycles. The van der Waals surface area contributed by atoms with Crippen molar-refractivity contribution in [3.63, 3.8) is 0 Å². The van der Waals surface area contributed by atoms with Gasteiger partial charge in [-0.25, -0.2) is 8.42 Å². The van der Waals surface area contributed by atoms with Crippen molar-refractivity contribution < 1.29 is 8.42 Å². The molecule has 0 heterocycles. The average molecular weight is 305 g/mol. The molecule has 0 aliphatic rings. The van der Waals surface area contributed by atoms with Crippen LogP contribution in [0.25, 0.3) is 0 Å². The number of nitrogens with zero attached hydrogens (tertiary/aromatic N) is 1. The summed E-state index contributed by atoms with van der Waals surface area (Å²) < 4.78 is 26.4. The quantitative estimate of drug-likeness (QED) is 0.870. The number of anilines is 1. The van der Waals surface area contributed by atoms with E-state index >= 15 is 0 Å². The molecule has 6 heteroatoms. The van der Waals surface area contributed by atoms with E-state index in [1.807, 2.05) is 20.8 Å². The maximum absolute atomic E-state index is 12.5. The molecule has 1 unspecified atom stereocenters. The fourth-order valence-corrected chi connectivity index (χ4v) is 3.74. The third kappa shape index (κ3) is 3.22. The van der Waals surface area contributed by atoms with Gasteiger partial charge >= 0.3 is 0 Å². The van der Waals surface area contributed by atoms with Crippen LogP contribution in [0.3, 0.4) is 0 Å². The molecule has 0 spiro atoms. The maximum atomic E-state index is 12.5. The van der Waals surface area contributed by atoms with Crippen LogP contribution < -0.4 is 5.73 Å². The molecular weight excluding hydrogens is 284 g/mol. The summed E-state index contributed by atoms with van der Waals surface area (Å²) >= 11 is 6.05. The summed E-state index contributed by atoms with van der Waals surface area (Å²) in [5, 5.41) is 0.203. The van der Waals surface area contributed by atoms with Gasteiger partial charge in [-0.1, -0.05) is 25.4 Å². The molecule has 2 N–H and O–H groups in total. The Morgan fingerprint density at radius 1 is 1.26 bits per heavy atom. The van der Waals surface area contributed by atoms with E-state index in [9.17, 15) is 8.42 Å². The first-order valence-corrected chi connectivity index (χ1v) is 7.94. The lowest BCUT2D eigenvalue weighted by Gasteiger charge is -2.27. The van der Waals surface area contributed by atoms with Crippen molar-refractivity contribution in [3.8, 4) is 0 Å². The molecule has 0 amide bonds. The predicted octanol–water partition coefficient (Wildman–Crippen LogP) is 2.90. The maximum Gasteiger partial charge on any atom is 0.244 e. The average Bonchev–Trinajstić information content (AvgIpc) is 2.31. The standard InChI is InChI=1S/C13H21ClN2O2S/c1-8(2)10(4)16(5)19(17,18)13-7-12(15)9(3)6-11(13)14/h6-8,10H,15H2,1-5H3. The Hall–Kier alpha value is -0.780. The number of benzene rings is 1. The summed E-state index contributed by atoms with van der Waals surface area (Å²) in [6.07, 6.45) is 0. The van der Waals surface area contributed by atoms with Gasteiger partial charge in [-0.05, 0) is 37.5 Å². The second-order valence-electron chi connectivity index (χ2n) is 5.15. The number of sulfonamides is 1. The highest BCUT2D eigenvalue weighted by Crippen LogP contribution is 2.30. The lowest BCUT2D eigenvalue weighted by molar-refractivity contribution is 0.316. The molecule has 19 heavy (non-hydrogen) atoms. The van der Waals surface area contributed by atoms with E-state index in [1.54, 1.807) is 20.0 Å². The molecule has 1 aromatic rings. The largest absolute Gasteiger partial charge is 0.398 e. The van der Waals surface area contributed by atoms with Crippen LogP contribution in [-0.2, 0) is 10.0 Å². The third-order valence-electron chi connectivity index (χ3n) is 3.52. The Kier molecular flexibility index (Phi) is 4.87. The molecule has 0 aliphatic carbocycles. The highest BCUT2D eigenvalue weighted by Gasteiger charge is 2.29. The first kappa shape index (κ1) is 16.3. The van der Waals surface area contributed by atoms with Gasteiger partial charge in [0.15, 0.2) is 0 Å². The van der Waals surface area contributed by atoms with Crippen molar-refractivity contribution in [2.75, 3.05) is 12.8 Å². The molecule has 1 atom stereocenters. The lowest BCUT2D eigenvalue weighted by atomic mass is 10.1. The summed E-state index contributed by atoms with van der Waals surface area (Å²) in [5.74, 6) is 0.210. The van der Waals surface area contributed by atoms with Gasteiger partial charge in [-0.2, -0.15) is 4.31 Å². The van der Waals surface area contributed by atoms with E-state index in [2.05, 4.69) is 0 Å². The Labute approximate surface area is 120 Å². The molecule has 0 saturated heterocycles. The zero-order valence-corrected chi connectivity index (χ0v) is 13.5. The molecule has 0 bridgehead atoms. The van der Waals surface area contributed by atoms with Gasteiger partial charge in [0, 0.05) is 18.8 Å². The molecule has 108 valence electrons. The molecular formula is C13H21ClN2O2S. The van der Waals surface area contributed by atoms with Crippen LogP contribution in [0.15, 0.2) is 17.0 Å². The van der Waals surface area contributed by atoms with E-state index in [-0.39, 0.29) is 21.9 Å². The second-order valence-corrected chi connectivity index (χ2v) is 7.52. The van der Waals surface area contributed by atoms with Crippen molar-refractivity contribution in [3.05, 3.63) is 22.7 Å².